The van der Waals surface area contributed by atoms with E-state index >= 15 is 0 Å². The number of benzene rings is 2. The molecule has 2 aromatic carbocycles. The van der Waals surface area contributed by atoms with E-state index in [-0.39, 0.29) is 23.7 Å². The first kappa shape index (κ1) is 13.5. The number of Topliss-reactive ketones (excluding diaryl/α,β-unsaturated/α-hetero) is 1. The lowest BCUT2D eigenvalue weighted by molar-refractivity contribution is 0.0954. The molecule has 0 fully saturated rings. The third kappa shape index (κ3) is 2.44. The lowest BCUT2D eigenvalue weighted by Gasteiger charge is -2.29. The van der Waals surface area contributed by atoms with Crippen LogP contribution in [0, 0.1) is 12.7 Å². The fourth-order valence-electron chi connectivity index (χ4n) is 2.57. The average molecular weight is 283 g/mol. The number of amides is 1. The Kier molecular flexibility index (Phi) is 3.29. The normalized spacial score (nSPS) is 14.0. The van der Waals surface area contributed by atoms with Crippen LogP contribution < -0.4 is 4.90 Å². The van der Waals surface area contributed by atoms with E-state index in [1.54, 1.807) is 23.1 Å². The summed E-state index contributed by atoms with van der Waals surface area (Å²) in [5.41, 5.74) is 2.43. The minimum Gasteiger partial charge on any atom is -0.307 e. The van der Waals surface area contributed by atoms with Gasteiger partial charge in [-0.2, -0.15) is 0 Å². The Morgan fingerprint density at radius 3 is 2.76 bits per heavy atom. The van der Waals surface area contributed by atoms with Crippen LogP contribution in [0.3, 0.4) is 0 Å². The molecule has 0 saturated heterocycles. The molecule has 3 rings (SSSR count). The maximum absolute atomic E-state index is 13.3. The van der Waals surface area contributed by atoms with E-state index < -0.39 is 5.82 Å². The maximum Gasteiger partial charge on any atom is 0.258 e. The number of aryl methyl sites for hydroxylation is 1. The average Bonchev–Trinajstić information content (AvgIpc) is 2.47. The highest BCUT2D eigenvalue weighted by Gasteiger charge is 2.28. The number of carbonyl (C=O) groups excluding carboxylic acids is 2. The molecule has 3 nitrogen and oxygen atoms in total. The monoisotopic (exact) mass is 283 g/mol. The van der Waals surface area contributed by atoms with Crippen molar-refractivity contribution in [1.29, 1.82) is 0 Å². The summed E-state index contributed by atoms with van der Waals surface area (Å²) in [6, 6.07) is 11.0. The Morgan fingerprint density at radius 2 is 2.00 bits per heavy atom. The molecular weight excluding hydrogens is 269 g/mol. The van der Waals surface area contributed by atoms with Gasteiger partial charge in [-0.05, 0) is 37.3 Å². The van der Waals surface area contributed by atoms with Crippen LogP contribution in [-0.2, 0) is 0 Å². The van der Waals surface area contributed by atoms with Crippen molar-refractivity contribution in [3.8, 4) is 0 Å². The van der Waals surface area contributed by atoms with E-state index in [0.717, 1.165) is 5.56 Å². The first-order chi connectivity index (χ1) is 10.1. The number of rotatable bonds is 1. The van der Waals surface area contributed by atoms with Crippen molar-refractivity contribution in [3.63, 3.8) is 0 Å². The molecule has 4 heteroatoms. The summed E-state index contributed by atoms with van der Waals surface area (Å²) >= 11 is 0. The van der Waals surface area contributed by atoms with Gasteiger partial charge >= 0.3 is 0 Å². The highest BCUT2D eigenvalue weighted by atomic mass is 19.1. The van der Waals surface area contributed by atoms with Crippen LogP contribution in [0.5, 0.6) is 0 Å². The SMILES string of the molecule is Cc1ccc2c(c1)C(=O)CCN2C(=O)c1cccc(F)c1. The highest BCUT2D eigenvalue weighted by Crippen LogP contribution is 2.29. The van der Waals surface area contributed by atoms with E-state index in [9.17, 15) is 14.0 Å². The molecule has 0 saturated carbocycles. The second-order valence-electron chi connectivity index (χ2n) is 5.16. The first-order valence-electron chi connectivity index (χ1n) is 6.77. The molecule has 0 radical (unpaired) electrons. The molecular formula is C17H14FNO2. The Bertz CT molecular complexity index is 739. The molecule has 21 heavy (non-hydrogen) atoms. The third-order valence-electron chi connectivity index (χ3n) is 3.62. The van der Waals surface area contributed by atoms with Crippen molar-refractivity contribution in [2.45, 2.75) is 13.3 Å². The summed E-state index contributed by atoms with van der Waals surface area (Å²) in [7, 11) is 0. The van der Waals surface area contributed by atoms with Crippen LogP contribution in [-0.4, -0.2) is 18.2 Å². The van der Waals surface area contributed by atoms with Crippen LogP contribution in [0.25, 0.3) is 0 Å². The van der Waals surface area contributed by atoms with Gasteiger partial charge in [0.25, 0.3) is 5.91 Å². The Morgan fingerprint density at radius 1 is 1.19 bits per heavy atom. The van der Waals surface area contributed by atoms with Gasteiger partial charge in [0.2, 0.25) is 0 Å². The molecule has 1 aliphatic rings. The molecule has 1 heterocycles. The summed E-state index contributed by atoms with van der Waals surface area (Å²) < 4.78 is 13.3. The minimum absolute atomic E-state index is 0.0389. The van der Waals surface area contributed by atoms with Gasteiger partial charge in [-0.25, -0.2) is 4.39 Å². The summed E-state index contributed by atoms with van der Waals surface area (Å²) in [6.45, 7) is 2.23. The number of hydrogen-bond donors (Lipinski definition) is 0. The zero-order valence-corrected chi connectivity index (χ0v) is 11.6. The first-order valence-corrected chi connectivity index (χ1v) is 6.77. The van der Waals surface area contributed by atoms with Crippen molar-refractivity contribution in [2.24, 2.45) is 0 Å². The molecule has 0 bridgehead atoms. The van der Waals surface area contributed by atoms with Crippen molar-refractivity contribution in [3.05, 3.63) is 65.0 Å². The number of anilines is 1. The van der Waals surface area contributed by atoms with Gasteiger partial charge in [0.05, 0.1) is 5.69 Å². The lowest BCUT2D eigenvalue weighted by Crippen LogP contribution is -2.37. The molecule has 0 N–H and O–H groups in total. The fourth-order valence-corrected chi connectivity index (χ4v) is 2.57. The van der Waals surface area contributed by atoms with Gasteiger partial charge < -0.3 is 4.90 Å². The summed E-state index contributed by atoms with van der Waals surface area (Å²) in [5.74, 6) is -0.692. The lowest BCUT2D eigenvalue weighted by atomic mass is 9.97. The predicted molar refractivity (Wildman–Crippen MR) is 78.2 cm³/mol. The molecule has 0 aromatic heterocycles. The van der Waals surface area contributed by atoms with Crippen molar-refractivity contribution >= 4 is 17.4 Å². The molecule has 0 aliphatic carbocycles. The predicted octanol–water partition coefficient (Wildman–Crippen LogP) is 3.37. The molecule has 106 valence electrons. The summed E-state index contributed by atoms with van der Waals surface area (Å²) in [6.07, 6.45) is 0.289. The second-order valence-corrected chi connectivity index (χ2v) is 5.16. The zero-order chi connectivity index (χ0) is 15.0. The Labute approximate surface area is 122 Å². The highest BCUT2D eigenvalue weighted by molar-refractivity contribution is 6.13. The zero-order valence-electron chi connectivity index (χ0n) is 11.6. The largest absolute Gasteiger partial charge is 0.307 e. The van der Waals surface area contributed by atoms with Crippen molar-refractivity contribution < 1.29 is 14.0 Å². The van der Waals surface area contributed by atoms with Crippen LogP contribution in [0.1, 0.15) is 32.7 Å². The Hall–Kier alpha value is -2.49. The van der Waals surface area contributed by atoms with Crippen LogP contribution in [0.15, 0.2) is 42.5 Å². The third-order valence-corrected chi connectivity index (χ3v) is 3.62. The van der Waals surface area contributed by atoms with Crippen LogP contribution in [0.4, 0.5) is 10.1 Å². The minimum atomic E-state index is -0.446. The van der Waals surface area contributed by atoms with E-state index in [0.29, 0.717) is 17.8 Å². The van der Waals surface area contributed by atoms with Crippen molar-refractivity contribution in [1.82, 2.24) is 0 Å². The van der Waals surface area contributed by atoms with Gasteiger partial charge in [-0.1, -0.05) is 17.7 Å². The second kappa shape index (κ2) is 5.13. The van der Waals surface area contributed by atoms with E-state index in [4.69, 9.17) is 0 Å². The topological polar surface area (TPSA) is 37.4 Å². The summed E-state index contributed by atoms with van der Waals surface area (Å²) in [4.78, 5) is 26.1. The standard InChI is InChI=1S/C17H14FNO2/c1-11-5-6-15-14(9-11)16(20)7-8-19(15)17(21)12-3-2-4-13(18)10-12/h2-6,9-10H,7-8H2,1H3. The van der Waals surface area contributed by atoms with Gasteiger partial charge in [0.1, 0.15) is 5.82 Å². The van der Waals surface area contributed by atoms with E-state index in [1.807, 2.05) is 13.0 Å². The number of fused-ring (bicyclic) bond motifs is 1. The van der Waals surface area contributed by atoms with Crippen molar-refractivity contribution in [2.75, 3.05) is 11.4 Å². The number of ketones is 1. The molecule has 0 spiro atoms. The number of halogens is 1. The fraction of sp³-hybridized carbons (Fsp3) is 0.176. The van der Waals surface area contributed by atoms with Crippen LogP contribution in [0.2, 0.25) is 0 Å². The maximum atomic E-state index is 13.3. The van der Waals surface area contributed by atoms with Gasteiger partial charge in [0, 0.05) is 24.1 Å². The van der Waals surface area contributed by atoms with Gasteiger partial charge in [-0.15, -0.1) is 0 Å². The van der Waals surface area contributed by atoms with Gasteiger partial charge in [0.15, 0.2) is 5.78 Å². The van der Waals surface area contributed by atoms with Crippen LogP contribution >= 0.6 is 0 Å². The van der Waals surface area contributed by atoms with E-state index in [1.165, 1.54) is 18.2 Å². The van der Waals surface area contributed by atoms with E-state index in [2.05, 4.69) is 0 Å². The Balaban J connectivity index is 2.03. The smallest absolute Gasteiger partial charge is 0.258 e. The molecule has 1 amide bonds. The molecule has 0 atom stereocenters. The van der Waals surface area contributed by atoms with Gasteiger partial charge in [-0.3, -0.25) is 9.59 Å². The molecule has 2 aromatic rings. The number of carbonyl (C=O) groups is 2. The quantitative estimate of drug-likeness (QED) is 0.804. The number of nitrogens with zero attached hydrogens (tertiary/aromatic N) is 1. The number of hydrogen-bond acceptors (Lipinski definition) is 2. The molecule has 0 unspecified atom stereocenters. The molecule has 1 aliphatic heterocycles. The summed E-state index contributed by atoms with van der Waals surface area (Å²) in [5, 5.41) is 0.